The normalized spacial score (nSPS) is 10.3. The molecule has 1 heterocycles. The zero-order chi connectivity index (χ0) is 12.4. The maximum Gasteiger partial charge on any atom is 0.194 e. The van der Waals surface area contributed by atoms with E-state index in [-0.39, 0.29) is 5.78 Å². The highest BCUT2D eigenvalue weighted by atomic mass is 35.5. The fourth-order valence-corrected chi connectivity index (χ4v) is 1.70. The van der Waals surface area contributed by atoms with E-state index in [1.165, 1.54) is 6.92 Å². The first-order valence-electron chi connectivity index (χ1n) is 5.01. The summed E-state index contributed by atoms with van der Waals surface area (Å²) < 4.78 is 5.23. The maximum absolute atomic E-state index is 11.2. The SMILES string of the molecule is COc1ccc(Cl)cc1-c1cnc(C(C)=O)[nH]1. The summed E-state index contributed by atoms with van der Waals surface area (Å²) in [4.78, 5) is 18.1. The standard InChI is InChI=1S/C12H11ClN2O2/c1-7(16)12-14-6-10(15-12)9-5-8(13)3-4-11(9)17-2/h3-6H,1-2H3,(H,14,15). The molecule has 2 rings (SSSR count). The molecule has 88 valence electrons. The molecule has 0 atom stereocenters. The Balaban J connectivity index is 2.51. The number of imidazole rings is 1. The van der Waals surface area contributed by atoms with Crippen LogP contribution in [0.2, 0.25) is 5.02 Å². The van der Waals surface area contributed by atoms with Gasteiger partial charge >= 0.3 is 0 Å². The van der Waals surface area contributed by atoms with Crippen molar-refractivity contribution in [3.63, 3.8) is 0 Å². The Labute approximate surface area is 104 Å². The third-order valence-electron chi connectivity index (χ3n) is 2.36. The van der Waals surface area contributed by atoms with E-state index < -0.39 is 0 Å². The first-order chi connectivity index (χ1) is 8.11. The van der Waals surface area contributed by atoms with E-state index in [9.17, 15) is 4.79 Å². The Bertz CT molecular complexity index is 563. The van der Waals surface area contributed by atoms with Crippen molar-refractivity contribution in [2.75, 3.05) is 7.11 Å². The molecule has 1 N–H and O–H groups in total. The monoisotopic (exact) mass is 250 g/mol. The zero-order valence-corrected chi connectivity index (χ0v) is 10.2. The van der Waals surface area contributed by atoms with Gasteiger partial charge < -0.3 is 9.72 Å². The van der Waals surface area contributed by atoms with Crippen LogP contribution in [0.25, 0.3) is 11.3 Å². The van der Waals surface area contributed by atoms with Crippen LogP contribution in [0, 0.1) is 0 Å². The molecule has 0 saturated carbocycles. The number of carbonyl (C=O) groups is 1. The molecule has 0 unspecified atom stereocenters. The number of Topliss-reactive ketones (excluding diaryl/α,β-unsaturated/α-hetero) is 1. The van der Waals surface area contributed by atoms with Crippen LogP contribution in [0.15, 0.2) is 24.4 Å². The van der Waals surface area contributed by atoms with E-state index in [0.717, 1.165) is 5.56 Å². The van der Waals surface area contributed by atoms with Gasteiger partial charge in [0.2, 0.25) is 0 Å². The van der Waals surface area contributed by atoms with Gasteiger partial charge in [0.15, 0.2) is 11.6 Å². The van der Waals surface area contributed by atoms with Crippen LogP contribution in [-0.4, -0.2) is 22.9 Å². The fourth-order valence-electron chi connectivity index (χ4n) is 1.53. The van der Waals surface area contributed by atoms with Gasteiger partial charge in [0.1, 0.15) is 5.75 Å². The summed E-state index contributed by atoms with van der Waals surface area (Å²) in [5.41, 5.74) is 1.48. The molecule has 0 aliphatic heterocycles. The maximum atomic E-state index is 11.2. The van der Waals surface area contributed by atoms with E-state index >= 15 is 0 Å². The van der Waals surface area contributed by atoms with Crippen LogP contribution >= 0.6 is 11.6 Å². The fraction of sp³-hybridized carbons (Fsp3) is 0.167. The average Bonchev–Trinajstić information content (AvgIpc) is 2.78. The van der Waals surface area contributed by atoms with Crippen molar-refractivity contribution in [2.45, 2.75) is 6.92 Å². The number of nitrogens with zero attached hydrogens (tertiary/aromatic N) is 1. The highest BCUT2D eigenvalue weighted by Crippen LogP contribution is 2.31. The van der Waals surface area contributed by atoms with Crippen LogP contribution in [0.5, 0.6) is 5.75 Å². The van der Waals surface area contributed by atoms with Gasteiger partial charge in [0, 0.05) is 17.5 Å². The molecule has 1 aromatic heterocycles. The molecule has 17 heavy (non-hydrogen) atoms. The van der Waals surface area contributed by atoms with E-state index in [2.05, 4.69) is 9.97 Å². The quantitative estimate of drug-likeness (QED) is 0.852. The summed E-state index contributed by atoms with van der Waals surface area (Å²) in [5.74, 6) is 0.882. The van der Waals surface area contributed by atoms with Crippen molar-refractivity contribution in [3.8, 4) is 17.0 Å². The number of H-pyrrole nitrogens is 1. The second-order valence-electron chi connectivity index (χ2n) is 3.55. The Hall–Kier alpha value is -1.81. The molecule has 0 fully saturated rings. The van der Waals surface area contributed by atoms with E-state index in [4.69, 9.17) is 16.3 Å². The molecule has 0 spiro atoms. The summed E-state index contributed by atoms with van der Waals surface area (Å²) in [6.45, 7) is 1.46. The largest absolute Gasteiger partial charge is 0.496 e. The summed E-state index contributed by atoms with van der Waals surface area (Å²) in [5, 5.41) is 0.597. The summed E-state index contributed by atoms with van der Waals surface area (Å²) in [7, 11) is 1.58. The lowest BCUT2D eigenvalue weighted by Crippen LogP contribution is -1.94. The molecule has 0 saturated heterocycles. The number of aromatic nitrogens is 2. The number of rotatable bonds is 3. The molecule has 0 amide bonds. The Morgan fingerprint density at radius 2 is 2.24 bits per heavy atom. The zero-order valence-electron chi connectivity index (χ0n) is 9.45. The third kappa shape index (κ3) is 2.31. The van der Waals surface area contributed by atoms with E-state index in [1.54, 1.807) is 31.5 Å². The molecule has 0 radical (unpaired) electrons. The van der Waals surface area contributed by atoms with Gasteiger partial charge in [0.25, 0.3) is 0 Å². The van der Waals surface area contributed by atoms with Crippen molar-refractivity contribution in [1.82, 2.24) is 9.97 Å². The summed E-state index contributed by atoms with van der Waals surface area (Å²) in [6, 6.07) is 5.27. The minimum absolute atomic E-state index is 0.114. The molecular weight excluding hydrogens is 240 g/mol. The predicted octanol–water partition coefficient (Wildman–Crippen LogP) is 2.94. The highest BCUT2D eigenvalue weighted by Gasteiger charge is 2.11. The smallest absolute Gasteiger partial charge is 0.194 e. The molecule has 1 aromatic carbocycles. The summed E-state index contributed by atoms with van der Waals surface area (Å²) in [6.07, 6.45) is 1.59. The second kappa shape index (κ2) is 4.59. The Morgan fingerprint density at radius 3 is 2.82 bits per heavy atom. The topological polar surface area (TPSA) is 55.0 Å². The van der Waals surface area contributed by atoms with Crippen LogP contribution < -0.4 is 4.74 Å². The number of halogens is 1. The van der Waals surface area contributed by atoms with Crippen LogP contribution in [-0.2, 0) is 0 Å². The van der Waals surface area contributed by atoms with E-state index in [1.807, 2.05) is 0 Å². The first kappa shape index (κ1) is 11.7. The number of aromatic amines is 1. The lowest BCUT2D eigenvalue weighted by molar-refractivity contribution is 0.100. The Morgan fingerprint density at radius 1 is 1.47 bits per heavy atom. The second-order valence-corrected chi connectivity index (χ2v) is 3.98. The average molecular weight is 251 g/mol. The number of benzene rings is 1. The highest BCUT2D eigenvalue weighted by molar-refractivity contribution is 6.30. The molecule has 5 heteroatoms. The van der Waals surface area contributed by atoms with Gasteiger partial charge in [-0.25, -0.2) is 4.98 Å². The summed E-state index contributed by atoms with van der Waals surface area (Å²) >= 11 is 5.94. The molecule has 0 bridgehead atoms. The number of hydrogen-bond donors (Lipinski definition) is 1. The third-order valence-corrected chi connectivity index (χ3v) is 2.60. The van der Waals surface area contributed by atoms with Crippen molar-refractivity contribution in [3.05, 3.63) is 35.2 Å². The minimum atomic E-state index is -0.114. The minimum Gasteiger partial charge on any atom is -0.496 e. The number of ether oxygens (including phenoxy) is 1. The van der Waals surface area contributed by atoms with Gasteiger partial charge in [-0.2, -0.15) is 0 Å². The van der Waals surface area contributed by atoms with E-state index in [0.29, 0.717) is 22.3 Å². The van der Waals surface area contributed by atoms with Crippen molar-refractivity contribution in [1.29, 1.82) is 0 Å². The van der Waals surface area contributed by atoms with Crippen molar-refractivity contribution < 1.29 is 9.53 Å². The molecule has 2 aromatic rings. The lowest BCUT2D eigenvalue weighted by Gasteiger charge is -2.06. The number of methoxy groups -OCH3 is 1. The van der Waals surface area contributed by atoms with Crippen molar-refractivity contribution >= 4 is 17.4 Å². The molecule has 0 aliphatic carbocycles. The van der Waals surface area contributed by atoms with Gasteiger partial charge in [-0.3, -0.25) is 4.79 Å². The molecule has 4 nitrogen and oxygen atoms in total. The number of hydrogen-bond acceptors (Lipinski definition) is 3. The van der Waals surface area contributed by atoms with Crippen LogP contribution in [0.1, 0.15) is 17.5 Å². The lowest BCUT2D eigenvalue weighted by atomic mass is 10.1. The number of nitrogens with one attached hydrogen (secondary N) is 1. The Kier molecular flexibility index (Phi) is 3.15. The number of ketones is 1. The first-order valence-corrected chi connectivity index (χ1v) is 5.39. The van der Waals surface area contributed by atoms with Crippen LogP contribution in [0.4, 0.5) is 0 Å². The molecular formula is C12H11ClN2O2. The van der Waals surface area contributed by atoms with Crippen LogP contribution in [0.3, 0.4) is 0 Å². The predicted molar refractivity (Wildman–Crippen MR) is 65.6 cm³/mol. The van der Waals surface area contributed by atoms with Gasteiger partial charge in [-0.05, 0) is 18.2 Å². The van der Waals surface area contributed by atoms with Gasteiger partial charge in [0.05, 0.1) is 19.0 Å². The van der Waals surface area contributed by atoms with Gasteiger partial charge in [-0.1, -0.05) is 11.6 Å². The molecule has 0 aliphatic rings. The number of carbonyl (C=O) groups excluding carboxylic acids is 1. The van der Waals surface area contributed by atoms with Crippen molar-refractivity contribution in [2.24, 2.45) is 0 Å². The van der Waals surface area contributed by atoms with Gasteiger partial charge in [-0.15, -0.1) is 0 Å².